The average molecular weight is 471 g/mol. The molecule has 180 valence electrons. The van der Waals surface area contributed by atoms with Gasteiger partial charge in [-0.2, -0.15) is 5.26 Å². The molecule has 1 amide bonds. The molecule has 1 aliphatic heterocycles. The Bertz CT molecular complexity index is 1200. The van der Waals surface area contributed by atoms with E-state index in [0.717, 1.165) is 57.0 Å². The van der Waals surface area contributed by atoms with Crippen LogP contribution in [0.1, 0.15) is 21.5 Å². The van der Waals surface area contributed by atoms with Crippen LogP contribution in [0.5, 0.6) is 0 Å². The lowest BCUT2D eigenvalue weighted by molar-refractivity contribution is 0.0938. The summed E-state index contributed by atoms with van der Waals surface area (Å²) in [7, 11) is 1.73. The van der Waals surface area contributed by atoms with Gasteiger partial charge >= 0.3 is 0 Å². The number of hydrogen-bond acceptors (Lipinski definition) is 7. The highest BCUT2D eigenvalue weighted by atomic mass is 16.5. The van der Waals surface area contributed by atoms with Crippen LogP contribution in [0.4, 0.5) is 11.4 Å². The number of amides is 1. The Balaban J connectivity index is 1.40. The molecule has 0 bridgehead atoms. The molecule has 0 aliphatic carbocycles. The molecule has 3 N–H and O–H groups in total. The van der Waals surface area contributed by atoms with Crippen molar-refractivity contribution in [3.63, 3.8) is 0 Å². The predicted molar refractivity (Wildman–Crippen MR) is 137 cm³/mol. The lowest BCUT2D eigenvalue weighted by atomic mass is 10.0. The van der Waals surface area contributed by atoms with E-state index < -0.39 is 0 Å². The highest BCUT2D eigenvalue weighted by Gasteiger charge is 2.18. The fourth-order valence-electron chi connectivity index (χ4n) is 4.14. The van der Waals surface area contributed by atoms with E-state index in [4.69, 9.17) is 10.5 Å². The van der Waals surface area contributed by atoms with Crippen molar-refractivity contribution in [3.05, 3.63) is 77.5 Å². The van der Waals surface area contributed by atoms with Crippen molar-refractivity contribution in [3.8, 4) is 17.3 Å². The van der Waals surface area contributed by atoms with Crippen LogP contribution >= 0.6 is 0 Å². The average Bonchev–Trinajstić information content (AvgIpc) is 2.89. The molecule has 2 heterocycles. The van der Waals surface area contributed by atoms with Crippen molar-refractivity contribution in [2.24, 2.45) is 0 Å². The van der Waals surface area contributed by atoms with Crippen molar-refractivity contribution in [1.29, 1.82) is 5.26 Å². The fourth-order valence-corrected chi connectivity index (χ4v) is 4.14. The van der Waals surface area contributed by atoms with E-state index >= 15 is 0 Å². The number of nitriles is 1. The van der Waals surface area contributed by atoms with E-state index in [-0.39, 0.29) is 5.91 Å². The first-order chi connectivity index (χ1) is 17.1. The second-order valence-corrected chi connectivity index (χ2v) is 8.58. The molecule has 0 radical (unpaired) electrons. The molecular formula is C27H30N6O2. The number of rotatable bonds is 8. The quantitative estimate of drug-likeness (QED) is 0.487. The zero-order valence-electron chi connectivity index (χ0n) is 19.9. The molecular weight excluding hydrogens is 440 g/mol. The van der Waals surface area contributed by atoms with E-state index in [2.05, 4.69) is 26.2 Å². The molecule has 0 unspecified atom stereocenters. The predicted octanol–water partition coefficient (Wildman–Crippen LogP) is 3.22. The normalized spacial score (nSPS) is 14.4. The smallest absolute Gasteiger partial charge is 0.255 e. The number of nitrogens with one attached hydrogen (secondary N) is 1. The number of nitrogens with zero attached hydrogens (tertiary/aromatic N) is 4. The van der Waals surface area contributed by atoms with Crippen LogP contribution in [0.2, 0.25) is 0 Å². The third-order valence-electron chi connectivity index (χ3n) is 6.18. The van der Waals surface area contributed by atoms with Gasteiger partial charge in [0.15, 0.2) is 0 Å². The van der Waals surface area contributed by atoms with Crippen LogP contribution in [0.15, 0.2) is 60.8 Å². The molecule has 8 heteroatoms. The Labute approximate surface area is 205 Å². The number of hydrogen-bond donors (Lipinski definition) is 2. The number of para-hydroxylation sites is 2. The summed E-state index contributed by atoms with van der Waals surface area (Å²) < 4.78 is 5.17. The van der Waals surface area contributed by atoms with Gasteiger partial charge in [0.25, 0.3) is 5.91 Å². The van der Waals surface area contributed by atoms with Crippen LogP contribution in [0.3, 0.4) is 0 Å². The summed E-state index contributed by atoms with van der Waals surface area (Å²) in [4.78, 5) is 22.0. The third kappa shape index (κ3) is 6.22. The summed E-state index contributed by atoms with van der Waals surface area (Å²) in [6.07, 6.45) is 1.84. The minimum absolute atomic E-state index is 0.249. The van der Waals surface area contributed by atoms with Crippen LogP contribution in [0, 0.1) is 11.3 Å². The Morgan fingerprint density at radius 1 is 1.11 bits per heavy atom. The van der Waals surface area contributed by atoms with Gasteiger partial charge in [0.05, 0.1) is 29.2 Å². The van der Waals surface area contributed by atoms with Crippen LogP contribution in [-0.2, 0) is 11.3 Å². The number of pyridine rings is 1. The van der Waals surface area contributed by atoms with Crippen molar-refractivity contribution < 1.29 is 9.53 Å². The fraction of sp³-hybridized carbons (Fsp3) is 0.296. The van der Waals surface area contributed by atoms with Crippen molar-refractivity contribution in [1.82, 2.24) is 14.8 Å². The van der Waals surface area contributed by atoms with Gasteiger partial charge in [-0.25, -0.2) is 0 Å². The molecule has 3 aromatic rings. The molecule has 0 spiro atoms. The molecule has 1 fully saturated rings. The van der Waals surface area contributed by atoms with E-state index in [1.807, 2.05) is 36.5 Å². The number of benzene rings is 2. The van der Waals surface area contributed by atoms with E-state index in [9.17, 15) is 10.1 Å². The number of methoxy groups -OCH3 is 1. The van der Waals surface area contributed by atoms with E-state index in [0.29, 0.717) is 28.2 Å². The third-order valence-corrected chi connectivity index (χ3v) is 6.18. The van der Waals surface area contributed by atoms with Crippen molar-refractivity contribution in [2.45, 2.75) is 6.54 Å². The molecule has 1 saturated heterocycles. The number of anilines is 2. The van der Waals surface area contributed by atoms with Gasteiger partial charge in [0, 0.05) is 63.7 Å². The van der Waals surface area contributed by atoms with Gasteiger partial charge in [-0.15, -0.1) is 0 Å². The zero-order valence-corrected chi connectivity index (χ0v) is 19.9. The topological polar surface area (TPSA) is 108 Å². The maximum atomic E-state index is 12.6. The first kappa shape index (κ1) is 24.4. The first-order valence-corrected chi connectivity index (χ1v) is 11.7. The van der Waals surface area contributed by atoms with Crippen LogP contribution < -0.4 is 11.1 Å². The van der Waals surface area contributed by atoms with Crippen molar-refractivity contribution >= 4 is 17.3 Å². The Kier molecular flexibility index (Phi) is 8.06. The molecule has 4 rings (SSSR count). The number of nitrogens with two attached hydrogens (primary N) is 1. The van der Waals surface area contributed by atoms with Gasteiger partial charge in [-0.3, -0.25) is 19.6 Å². The maximum absolute atomic E-state index is 12.6. The van der Waals surface area contributed by atoms with Gasteiger partial charge in [-0.05, 0) is 35.9 Å². The van der Waals surface area contributed by atoms with Crippen LogP contribution in [0.25, 0.3) is 11.3 Å². The van der Waals surface area contributed by atoms with Crippen LogP contribution in [-0.4, -0.2) is 67.1 Å². The monoisotopic (exact) mass is 470 g/mol. The summed E-state index contributed by atoms with van der Waals surface area (Å²) in [6.45, 7) is 6.45. The number of aromatic nitrogens is 1. The Hall–Kier alpha value is -3.77. The zero-order chi connectivity index (χ0) is 24.6. The van der Waals surface area contributed by atoms with Gasteiger partial charge in [0.1, 0.15) is 6.07 Å². The number of ether oxygens (including phenoxy) is 1. The van der Waals surface area contributed by atoms with Crippen molar-refractivity contribution in [2.75, 3.05) is 57.5 Å². The maximum Gasteiger partial charge on any atom is 0.255 e. The Morgan fingerprint density at radius 2 is 1.83 bits per heavy atom. The molecule has 1 aromatic heterocycles. The van der Waals surface area contributed by atoms with Gasteiger partial charge in [0.2, 0.25) is 0 Å². The number of nitrogen functional groups attached to an aromatic ring is 1. The molecule has 8 nitrogen and oxygen atoms in total. The largest absolute Gasteiger partial charge is 0.397 e. The molecule has 35 heavy (non-hydrogen) atoms. The summed E-state index contributed by atoms with van der Waals surface area (Å²) in [5, 5.41) is 12.6. The number of carbonyl (C=O) groups is 1. The highest BCUT2D eigenvalue weighted by molar-refractivity contribution is 6.05. The summed E-state index contributed by atoms with van der Waals surface area (Å²) in [6, 6.07) is 18.4. The summed E-state index contributed by atoms with van der Waals surface area (Å²) in [5.74, 6) is -0.249. The van der Waals surface area contributed by atoms with E-state index in [1.54, 1.807) is 31.4 Å². The number of carbonyl (C=O) groups excluding carboxylic acids is 1. The number of piperazine rings is 1. The SMILES string of the molecule is COCCN1CCN(Cc2cnc(-c3ccc(C(=O)Nc4ccccc4N)cc3)c(C#N)c2)CC1. The second kappa shape index (κ2) is 11.6. The minimum atomic E-state index is -0.249. The molecule has 0 saturated carbocycles. The Morgan fingerprint density at radius 3 is 2.51 bits per heavy atom. The minimum Gasteiger partial charge on any atom is -0.397 e. The molecule has 1 aliphatic rings. The highest BCUT2D eigenvalue weighted by Crippen LogP contribution is 2.24. The lowest BCUT2D eigenvalue weighted by Gasteiger charge is -2.34. The van der Waals surface area contributed by atoms with E-state index in [1.165, 1.54) is 0 Å². The summed E-state index contributed by atoms with van der Waals surface area (Å²) >= 11 is 0. The van der Waals surface area contributed by atoms with Gasteiger partial charge in [-0.1, -0.05) is 24.3 Å². The second-order valence-electron chi connectivity index (χ2n) is 8.58. The molecule has 0 atom stereocenters. The lowest BCUT2D eigenvalue weighted by Crippen LogP contribution is -2.46. The first-order valence-electron chi connectivity index (χ1n) is 11.7. The summed E-state index contributed by atoms with van der Waals surface area (Å²) in [5.41, 5.74) is 10.4. The molecule has 2 aromatic carbocycles. The standard InChI is InChI=1S/C27H30N6O2/c1-35-15-14-32-10-12-33(13-11-32)19-20-16-23(17-28)26(30-18-20)21-6-8-22(9-7-21)27(34)31-25-5-3-2-4-24(25)29/h2-9,16,18H,10-15,19,29H2,1H3,(H,31,34). The van der Waals surface area contributed by atoms with Gasteiger partial charge < -0.3 is 15.8 Å².